The van der Waals surface area contributed by atoms with Crippen molar-refractivity contribution in [3.63, 3.8) is 0 Å². The van der Waals surface area contributed by atoms with Gasteiger partial charge in [-0.1, -0.05) is 6.42 Å². The first-order valence-corrected chi connectivity index (χ1v) is 9.66. The number of aromatic nitrogens is 1. The lowest BCUT2D eigenvalue weighted by Gasteiger charge is -2.34. The van der Waals surface area contributed by atoms with E-state index in [1.165, 1.54) is 18.2 Å². The molecule has 2 heterocycles. The van der Waals surface area contributed by atoms with Crippen LogP contribution in [0.5, 0.6) is 0 Å². The molecule has 0 bridgehead atoms. The number of nitrogens with one attached hydrogen (secondary N) is 2. The topological polar surface area (TPSA) is 94.7 Å². The van der Waals surface area contributed by atoms with E-state index in [4.69, 9.17) is 4.74 Å². The van der Waals surface area contributed by atoms with E-state index in [1.54, 1.807) is 6.92 Å². The zero-order valence-corrected chi connectivity index (χ0v) is 16.0. The van der Waals surface area contributed by atoms with Crippen molar-refractivity contribution in [2.24, 2.45) is 0 Å². The minimum atomic E-state index is -0.606. The molecule has 1 aliphatic rings. The van der Waals surface area contributed by atoms with Crippen molar-refractivity contribution >= 4 is 28.5 Å². The molecule has 1 atom stereocenters. The number of rotatable bonds is 7. The number of anilines is 1. The molecule has 1 aliphatic heterocycles. The number of benzene rings is 1. The Morgan fingerprint density at radius 3 is 2.96 bits per heavy atom. The van der Waals surface area contributed by atoms with E-state index in [9.17, 15) is 19.1 Å². The second-order valence-corrected chi connectivity index (χ2v) is 6.97. The van der Waals surface area contributed by atoms with Crippen LogP contribution in [0, 0.1) is 5.82 Å². The number of carbonyl (C=O) groups excluding carboxylic acids is 2. The lowest BCUT2D eigenvalue weighted by Crippen LogP contribution is -2.44. The molecule has 0 radical (unpaired) electrons. The number of hydrogen-bond acceptors (Lipinski definition) is 5. The van der Waals surface area contributed by atoms with E-state index in [1.807, 2.05) is 0 Å². The molecular weight excluding hydrogens is 365 g/mol. The van der Waals surface area contributed by atoms with Gasteiger partial charge < -0.3 is 20.1 Å². The molecule has 7 nitrogen and oxygen atoms in total. The van der Waals surface area contributed by atoms with E-state index in [0.717, 1.165) is 25.8 Å². The van der Waals surface area contributed by atoms with Gasteiger partial charge in [0.25, 0.3) is 0 Å². The highest BCUT2D eigenvalue weighted by Gasteiger charge is 2.26. The monoisotopic (exact) mass is 391 g/mol. The summed E-state index contributed by atoms with van der Waals surface area (Å²) in [5.74, 6) is -1.36. The van der Waals surface area contributed by atoms with Gasteiger partial charge in [0.2, 0.25) is 5.91 Å². The lowest BCUT2D eigenvalue weighted by molar-refractivity contribution is -0.118. The van der Waals surface area contributed by atoms with E-state index in [0.29, 0.717) is 17.3 Å². The van der Waals surface area contributed by atoms with Crippen LogP contribution < -0.4 is 5.32 Å². The fourth-order valence-corrected chi connectivity index (χ4v) is 3.76. The molecule has 0 saturated carbocycles. The Kier molecular flexibility index (Phi) is 6.64. The standard InChI is InChI=1S/C20H26FN3O4/c1-2-28-20(27)19-18(15-11-13(21)6-7-16(15)22-19)23-17(26)12-24-9-4-3-5-14(24)8-10-25/h6-7,11,14,22,25H,2-5,8-10,12H2,1H3,(H,23,26). The largest absolute Gasteiger partial charge is 0.461 e. The summed E-state index contributed by atoms with van der Waals surface area (Å²) < 4.78 is 18.8. The van der Waals surface area contributed by atoms with Crippen molar-refractivity contribution in [3.05, 3.63) is 29.7 Å². The summed E-state index contributed by atoms with van der Waals surface area (Å²) in [6, 6.07) is 4.24. The van der Waals surface area contributed by atoms with Gasteiger partial charge in [-0.2, -0.15) is 0 Å². The van der Waals surface area contributed by atoms with Crippen LogP contribution in [0.3, 0.4) is 0 Å². The van der Waals surface area contributed by atoms with E-state index >= 15 is 0 Å². The Labute approximate surface area is 162 Å². The number of ether oxygens (including phenoxy) is 1. The SMILES string of the molecule is CCOC(=O)c1[nH]c2ccc(F)cc2c1NC(=O)CN1CCCCC1CCO. The third-order valence-corrected chi connectivity index (χ3v) is 5.06. The second kappa shape index (κ2) is 9.16. The summed E-state index contributed by atoms with van der Waals surface area (Å²) >= 11 is 0. The number of aliphatic hydroxyl groups is 1. The van der Waals surface area contributed by atoms with Crippen molar-refractivity contribution < 1.29 is 23.8 Å². The molecular formula is C20H26FN3O4. The van der Waals surface area contributed by atoms with E-state index in [2.05, 4.69) is 15.2 Å². The van der Waals surface area contributed by atoms with Crippen LogP contribution >= 0.6 is 0 Å². The number of piperidine rings is 1. The highest BCUT2D eigenvalue weighted by Crippen LogP contribution is 2.29. The third-order valence-electron chi connectivity index (χ3n) is 5.06. The van der Waals surface area contributed by atoms with Crippen LogP contribution in [0.4, 0.5) is 10.1 Å². The molecule has 0 spiro atoms. The number of nitrogens with zero attached hydrogens (tertiary/aromatic N) is 1. The highest BCUT2D eigenvalue weighted by atomic mass is 19.1. The molecule has 1 aromatic heterocycles. The Balaban J connectivity index is 1.83. The first kappa shape index (κ1) is 20.3. The molecule has 8 heteroatoms. The van der Waals surface area contributed by atoms with Crippen molar-refractivity contribution in [2.75, 3.05) is 31.6 Å². The molecule has 152 valence electrons. The fourth-order valence-electron chi connectivity index (χ4n) is 3.76. The van der Waals surface area contributed by atoms with Gasteiger partial charge in [-0.25, -0.2) is 9.18 Å². The molecule has 3 N–H and O–H groups in total. The molecule has 1 saturated heterocycles. The molecule has 28 heavy (non-hydrogen) atoms. The first-order chi connectivity index (χ1) is 13.5. The van der Waals surface area contributed by atoms with Crippen molar-refractivity contribution in [1.82, 2.24) is 9.88 Å². The van der Waals surface area contributed by atoms with Crippen LogP contribution in [0.25, 0.3) is 10.9 Å². The number of esters is 1. The molecule has 1 fully saturated rings. The highest BCUT2D eigenvalue weighted by molar-refractivity contribution is 6.11. The van der Waals surface area contributed by atoms with E-state index in [-0.39, 0.29) is 43.1 Å². The molecule has 1 aromatic carbocycles. The van der Waals surface area contributed by atoms with Gasteiger partial charge >= 0.3 is 5.97 Å². The number of carbonyl (C=O) groups is 2. The molecule has 0 aliphatic carbocycles. The fraction of sp³-hybridized carbons (Fsp3) is 0.500. The maximum absolute atomic E-state index is 13.7. The summed E-state index contributed by atoms with van der Waals surface area (Å²) in [5.41, 5.74) is 0.867. The number of halogens is 1. The predicted octanol–water partition coefficient (Wildman–Crippen LogP) is 2.66. The Bertz CT molecular complexity index is 849. The second-order valence-electron chi connectivity index (χ2n) is 6.97. The number of aromatic amines is 1. The van der Waals surface area contributed by atoms with Gasteiger partial charge in [-0.3, -0.25) is 9.69 Å². The van der Waals surface area contributed by atoms with Crippen LogP contribution in [0.15, 0.2) is 18.2 Å². The smallest absolute Gasteiger partial charge is 0.356 e. The summed E-state index contributed by atoms with van der Waals surface area (Å²) in [7, 11) is 0. The third kappa shape index (κ3) is 4.51. The number of H-pyrrole nitrogens is 1. The number of fused-ring (bicyclic) bond motifs is 1. The zero-order chi connectivity index (χ0) is 20.1. The molecule has 3 rings (SSSR count). The van der Waals surface area contributed by atoms with Crippen molar-refractivity contribution in [1.29, 1.82) is 0 Å². The summed E-state index contributed by atoms with van der Waals surface area (Å²) in [5, 5.41) is 12.4. The quantitative estimate of drug-likeness (QED) is 0.631. The maximum atomic E-state index is 13.7. The Hall–Kier alpha value is -2.45. The molecule has 1 amide bonds. The first-order valence-electron chi connectivity index (χ1n) is 9.66. The number of hydrogen-bond donors (Lipinski definition) is 3. The van der Waals surface area contributed by atoms with Crippen LogP contribution in [-0.4, -0.2) is 59.2 Å². The lowest BCUT2D eigenvalue weighted by atomic mass is 9.99. The Morgan fingerprint density at radius 1 is 1.39 bits per heavy atom. The average molecular weight is 391 g/mol. The van der Waals surface area contributed by atoms with Gasteiger partial charge in [0.05, 0.1) is 18.8 Å². The van der Waals surface area contributed by atoms with Crippen molar-refractivity contribution in [3.8, 4) is 0 Å². The molecule has 2 aromatic rings. The van der Waals surface area contributed by atoms with Crippen LogP contribution in [0.1, 0.15) is 43.1 Å². The van der Waals surface area contributed by atoms with Gasteiger partial charge in [0, 0.05) is 23.6 Å². The van der Waals surface area contributed by atoms with E-state index < -0.39 is 11.8 Å². The number of amides is 1. The number of likely N-dealkylation sites (tertiary alicyclic amines) is 1. The van der Waals surface area contributed by atoms with Crippen LogP contribution in [-0.2, 0) is 9.53 Å². The minimum absolute atomic E-state index is 0.0809. The summed E-state index contributed by atoms with van der Waals surface area (Å²) in [4.78, 5) is 30.0. The van der Waals surface area contributed by atoms with Gasteiger partial charge in [-0.15, -0.1) is 0 Å². The normalized spacial score (nSPS) is 17.6. The van der Waals surface area contributed by atoms with Crippen LogP contribution in [0.2, 0.25) is 0 Å². The van der Waals surface area contributed by atoms with Gasteiger partial charge in [0.1, 0.15) is 11.5 Å². The summed E-state index contributed by atoms with van der Waals surface area (Å²) in [6.07, 6.45) is 3.65. The van der Waals surface area contributed by atoms with Gasteiger partial charge in [-0.05, 0) is 50.9 Å². The summed E-state index contributed by atoms with van der Waals surface area (Å²) in [6.45, 7) is 2.89. The predicted molar refractivity (Wildman–Crippen MR) is 104 cm³/mol. The average Bonchev–Trinajstić information content (AvgIpc) is 3.01. The minimum Gasteiger partial charge on any atom is -0.461 e. The zero-order valence-electron chi connectivity index (χ0n) is 16.0. The molecule has 1 unspecified atom stereocenters. The maximum Gasteiger partial charge on any atom is 0.356 e. The number of aliphatic hydroxyl groups excluding tert-OH is 1. The van der Waals surface area contributed by atoms with Gasteiger partial charge in [0.15, 0.2) is 0 Å². The van der Waals surface area contributed by atoms with Crippen molar-refractivity contribution in [2.45, 2.75) is 38.6 Å². The Morgan fingerprint density at radius 2 is 2.21 bits per heavy atom.